The van der Waals surface area contributed by atoms with Gasteiger partial charge in [-0.2, -0.15) is 4.31 Å². The molecule has 2 fully saturated rings. The fourth-order valence-corrected chi connectivity index (χ4v) is 7.14. The Labute approximate surface area is 201 Å². The first kappa shape index (κ1) is 24.8. The number of nitrogens with one attached hydrogen (secondary N) is 1. The van der Waals surface area contributed by atoms with E-state index in [9.17, 15) is 13.5 Å². The molecular formula is C26H31FN2O4S. The van der Waals surface area contributed by atoms with E-state index in [0.29, 0.717) is 45.4 Å². The standard InChI is InChI=1S/C26H31FN2O4S/c1-2-23-10-11-25(20-6-4-3-5-7-20)34(31,32)29(23)19-21-8-9-22(18-24(21)27)26(28-14-15-30)12-16-33-17-13-26/h1,3-9,18,23,25,28,30H,10-17,19H2/t23-,25+/m0/s1. The fourth-order valence-electron chi connectivity index (χ4n) is 5.04. The molecule has 0 aliphatic carbocycles. The van der Waals surface area contributed by atoms with Crippen molar-refractivity contribution in [1.82, 2.24) is 9.62 Å². The van der Waals surface area contributed by atoms with E-state index in [1.54, 1.807) is 18.2 Å². The maximum absolute atomic E-state index is 15.4. The second kappa shape index (κ2) is 10.5. The number of halogens is 1. The van der Waals surface area contributed by atoms with Gasteiger partial charge in [0.25, 0.3) is 0 Å². The summed E-state index contributed by atoms with van der Waals surface area (Å²) in [4.78, 5) is 0. The van der Waals surface area contributed by atoms with E-state index < -0.39 is 32.7 Å². The summed E-state index contributed by atoms with van der Waals surface area (Å²) in [6, 6.07) is 13.4. The molecule has 2 aromatic carbocycles. The highest BCUT2D eigenvalue weighted by Crippen LogP contribution is 2.39. The molecule has 2 saturated heterocycles. The summed E-state index contributed by atoms with van der Waals surface area (Å²) < 4.78 is 49.2. The maximum Gasteiger partial charge on any atom is 0.222 e. The van der Waals surface area contributed by atoms with E-state index in [4.69, 9.17) is 11.2 Å². The Kier molecular flexibility index (Phi) is 7.70. The first-order valence-electron chi connectivity index (χ1n) is 11.7. The van der Waals surface area contributed by atoms with Crippen molar-refractivity contribution in [2.24, 2.45) is 0 Å². The zero-order chi connectivity index (χ0) is 24.2. The summed E-state index contributed by atoms with van der Waals surface area (Å²) in [6.07, 6.45) is 7.95. The maximum atomic E-state index is 15.4. The van der Waals surface area contributed by atoms with Crippen molar-refractivity contribution in [3.8, 4) is 12.3 Å². The summed E-state index contributed by atoms with van der Waals surface area (Å²) in [5.74, 6) is 2.12. The lowest BCUT2D eigenvalue weighted by molar-refractivity contribution is 0.0347. The number of terminal acetylenes is 1. The summed E-state index contributed by atoms with van der Waals surface area (Å²) in [6.45, 7) is 1.33. The van der Waals surface area contributed by atoms with Crippen LogP contribution in [-0.2, 0) is 26.8 Å². The quantitative estimate of drug-likeness (QED) is 0.588. The van der Waals surface area contributed by atoms with Gasteiger partial charge in [0.2, 0.25) is 10.0 Å². The second-order valence-corrected chi connectivity index (χ2v) is 11.0. The Hall–Kier alpha value is -2.28. The molecule has 2 aliphatic heterocycles. The molecule has 34 heavy (non-hydrogen) atoms. The van der Waals surface area contributed by atoms with Gasteiger partial charge in [-0.05, 0) is 42.9 Å². The van der Waals surface area contributed by atoms with Crippen molar-refractivity contribution in [2.75, 3.05) is 26.4 Å². The first-order chi connectivity index (χ1) is 16.4. The molecule has 8 heteroatoms. The van der Waals surface area contributed by atoms with E-state index in [0.717, 1.165) is 11.1 Å². The van der Waals surface area contributed by atoms with Gasteiger partial charge in [0.15, 0.2) is 0 Å². The molecule has 0 spiro atoms. The topological polar surface area (TPSA) is 78.9 Å². The van der Waals surface area contributed by atoms with Crippen LogP contribution in [0.2, 0.25) is 0 Å². The van der Waals surface area contributed by atoms with Crippen molar-refractivity contribution in [1.29, 1.82) is 0 Å². The second-order valence-electron chi connectivity index (χ2n) is 8.90. The summed E-state index contributed by atoms with van der Waals surface area (Å²) in [5, 5.41) is 11.9. The van der Waals surface area contributed by atoms with E-state index in [2.05, 4.69) is 11.2 Å². The SMILES string of the molecule is C#C[C@H]1CC[C@H](c2ccccc2)S(=O)(=O)N1Cc1ccc(C2(NCCO)CCOCC2)cc1F. The molecule has 182 valence electrons. The van der Waals surface area contributed by atoms with Crippen molar-refractivity contribution >= 4 is 10.0 Å². The monoisotopic (exact) mass is 486 g/mol. The van der Waals surface area contributed by atoms with Gasteiger partial charge in [0.05, 0.1) is 12.6 Å². The largest absolute Gasteiger partial charge is 0.395 e. The van der Waals surface area contributed by atoms with Crippen LogP contribution in [0.1, 0.15) is 47.6 Å². The number of aliphatic hydroxyl groups excluding tert-OH is 1. The Morgan fingerprint density at radius 3 is 2.56 bits per heavy atom. The van der Waals surface area contributed by atoms with Gasteiger partial charge in [-0.3, -0.25) is 0 Å². The minimum absolute atomic E-state index is 0.0218. The van der Waals surface area contributed by atoms with Crippen LogP contribution in [0.5, 0.6) is 0 Å². The van der Waals surface area contributed by atoms with Crippen LogP contribution in [0.15, 0.2) is 48.5 Å². The zero-order valence-electron chi connectivity index (χ0n) is 19.1. The Morgan fingerprint density at radius 1 is 1.18 bits per heavy atom. The molecule has 0 unspecified atom stereocenters. The molecule has 0 radical (unpaired) electrons. The summed E-state index contributed by atoms with van der Waals surface area (Å²) >= 11 is 0. The van der Waals surface area contributed by atoms with Gasteiger partial charge in [0, 0.05) is 37.4 Å². The molecule has 2 aliphatic rings. The van der Waals surface area contributed by atoms with Gasteiger partial charge in [0.1, 0.15) is 11.1 Å². The lowest BCUT2D eigenvalue weighted by Gasteiger charge is -2.39. The molecule has 2 aromatic rings. The van der Waals surface area contributed by atoms with Crippen LogP contribution in [0.4, 0.5) is 4.39 Å². The van der Waals surface area contributed by atoms with Gasteiger partial charge < -0.3 is 15.2 Å². The number of hydrogen-bond donors (Lipinski definition) is 2. The average molecular weight is 487 g/mol. The Bertz CT molecular complexity index is 1130. The predicted molar refractivity (Wildman–Crippen MR) is 129 cm³/mol. The number of rotatable bonds is 7. The number of benzene rings is 2. The number of nitrogens with zero attached hydrogens (tertiary/aromatic N) is 1. The average Bonchev–Trinajstić information content (AvgIpc) is 2.85. The van der Waals surface area contributed by atoms with Crippen molar-refractivity contribution < 1.29 is 22.7 Å². The molecular weight excluding hydrogens is 455 g/mol. The van der Waals surface area contributed by atoms with Crippen LogP contribution in [-0.4, -0.2) is 50.2 Å². The van der Waals surface area contributed by atoms with Gasteiger partial charge in [-0.1, -0.05) is 48.4 Å². The van der Waals surface area contributed by atoms with Gasteiger partial charge >= 0.3 is 0 Å². The third kappa shape index (κ3) is 4.90. The van der Waals surface area contributed by atoms with Gasteiger partial charge in [-0.15, -0.1) is 6.42 Å². The zero-order valence-corrected chi connectivity index (χ0v) is 19.9. The molecule has 2 atom stereocenters. The Balaban J connectivity index is 1.62. The van der Waals surface area contributed by atoms with Crippen LogP contribution in [0.25, 0.3) is 0 Å². The molecule has 2 N–H and O–H groups in total. The highest BCUT2D eigenvalue weighted by atomic mass is 32.2. The fraction of sp³-hybridized carbons (Fsp3) is 0.462. The molecule has 0 amide bonds. The predicted octanol–water partition coefficient (Wildman–Crippen LogP) is 3.08. The lowest BCUT2D eigenvalue weighted by Crippen LogP contribution is -2.48. The van der Waals surface area contributed by atoms with E-state index >= 15 is 4.39 Å². The molecule has 6 nitrogen and oxygen atoms in total. The minimum Gasteiger partial charge on any atom is -0.395 e. The van der Waals surface area contributed by atoms with Crippen molar-refractivity contribution in [2.45, 2.75) is 49.1 Å². The summed E-state index contributed by atoms with van der Waals surface area (Å²) in [7, 11) is -3.78. The highest BCUT2D eigenvalue weighted by Gasteiger charge is 2.42. The molecule has 4 rings (SSSR count). The third-order valence-electron chi connectivity index (χ3n) is 6.95. The lowest BCUT2D eigenvalue weighted by atomic mass is 9.82. The minimum atomic E-state index is -3.78. The first-order valence-corrected chi connectivity index (χ1v) is 13.2. The van der Waals surface area contributed by atoms with Crippen LogP contribution in [0, 0.1) is 18.2 Å². The molecule has 0 bridgehead atoms. The normalized spacial score (nSPS) is 24.4. The highest BCUT2D eigenvalue weighted by molar-refractivity contribution is 7.89. The van der Waals surface area contributed by atoms with Crippen molar-refractivity contribution in [3.05, 3.63) is 71.0 Å². The number of ether oxygens (including phenoxy) is 1. The van der Waals surface area contributed by atoms with E-state index in [1.165, 1.54) is 10.4 Å². The number of aliphatic hydroxyl groups is 1. The summed E-state index contributed by atoms with van der Waals surface area (Å²) in [5.41, 5.74) is 1.28. The van der Waals surface area contributed by atoms with E-state index in [-0.39, 0.29) is 18.7 Å². The number of hydrogen-bond acceptors (Lipinski definition) is 5. The molecule has 0 aromatic heterocycles. The third-order valence-corrected chi connectivity index (χ3v) is 9.22. The Morgan fingerprint density at radius 2 is 1.91 bits per heavy atom. The van der Waals surface area contributed by atoms with E-state index in [1.807, 2.05) is 24.3 Å². The van der Waals surface area contributed by atoms with Crippen molar-refractivity contribution in [3.63, 3.8) is 0 Å². The van der Waals surface area contributed by atoms with Crippen LogP contribution in [0.3, 0.4) is 0 Å². The molecule has 2 heterocycles. The van der Waals surface area contributed by atoms with Gasteiger partial charge in [-0.25, -0.2) is 12.8 Å². The van der Waals surface area contributed by atoms with Crippen LogP contribution < -0.4 is 5.32 Å². The number of sulfonamides is 1. The van der Waals surface area contributed by atoms with Crippen LogP contribution >= 0.6 is 0 Å². The molecule has 0 saturated carbocycles. The smallest absolute Gasteiger partial charge is 0.222 e.